The number of esters is 4. The average Bonchev–Trinajstić information content (AvgIpc) is 3.19. The minimum atomic E-state index is -1.56. The molecule has 0 aromatic heterocycles. The first-order chi connectivity index (χ1) is 28.2. The van der Waals surface area contributed by atoms with Gasteiger partial charge in [-0.25, -0.2) is 9.59 Å². The summed E-state index contributed by atoms with van der Waals surface area (Å²) < 4.78 is 33.2. The number of rotatable bonds is 19. The molecule has 0 aromatic carbocycles. The zero-order chi connectivity index (χ0) is 44.8. The van der Waals surface area contributed by atoms with Crippen molar-refractivity contribution in [3.63, 3.8) is 0 Å². The third-order valence-corrected chi connectivity index (χ3v) is 15.3. The number of carbonyl (C=O) groups excluding carboxylic acids is 4. The Balaban J connectivity index is 1.55. The third-order valence-electron chi connectivity index (χ3n) is 15.3. The van der Waals surface area contributed by atoms with Crippen LogP contribution < -0.4 is 0 Å². The second-order valence-electron chi connectivity index (χ2n) is 18.9. The van der Waals surface area contributed by atoms with E-state index in [1.807, 2.05) is 6.92 Å². The van der Waals surface area contributed by atoms with E-state index in [-0.39, 0.29) is 60.9 Å². The van der Waals surface area contributed by atoms with E-state index in [2.05, 4.69) is 33.9 Å². The summed E-state index contributed by atoms with van der Waals surface area (Å²) in [6.07, 6.45) is 3.09. The van der Waals surface area contributed by atoms with Crippen molar-refractivity contribution < 1.29 is 72.5 Å². The average molecular weight is 849 g/mol. The number of methoxy groups -OCH3 is 3. The normalized spacial score (nSPS) is 33.5. The Morgan fingerprint density at radius 3 is 1.43 bits per heavy atom. The number of ether oxygens (including phenoxy) is 6. The van der Waals surface area contributed by atoms with Crippen LogP contribution >= 0.6 is 0 Å². The van der Waals surface area contributed by atoms with Crippen LogP contribution in [0.4, 0.5) is 0 Å². The van der Waals surface area contributed by atoms with E-state index in [0.717, 1.165) is 77.4 Å². The quantitative estimate of drug-likeness (QED) is 0.0825. The summed E-state index contributed by atoms with van der Waals surface area (Å²) in [4.78, 5) is 77.0. The van der Waals surface area contributed by atoms with Gasteiger partial charge < -0.3 is 43.7 Å². The molecular weight excluding hydrogens is 780 g/mol. The molecule has 0 saturated heterocycles. The summed E-state index contributed by atoms with van der Waals surface area (Å²) >= 11 is 0. The third kappa shape index (κ3) is 10.1. The lowest BCUT2D eigenvalue weighted by Crippen LogP contribution is -2.54. The highest BCUT2D eigenvalue weighted by molar-refractivity contribution is 5.87. The zero-order valence-electron chi connectivity index (χ0n) is 36.6. The Hall–Kier alpha value is -3.82. The molecule has 4 aliphatic rings. The topological polar surface area (TPSA) is 218 Å². The van der Waals surface area contributed by atoms with E-state index in [1.165, 1.54) is 0 Å². The Kier molecular flexibility index (Phi) is 16.2. The number of hydrogen-bond acceptors (Lipinski definition) is 13. The van der Waals surface area contributed by atoms with Crippen molar-refractivity contribution in [1.82, 2.24) is 0 Å². The summed E-state index contributed by atoms with van der Waals surface area (Å²) in [5.41, 5.74) is 0.124. The lowest BCUT2D eigenvalue weighted by molar-refractivity contribution is -0.181. The van der Waals surface area contributed by atoms with Crippen molar-refractivity contribution in [3.8, 4) is 0 Å². The predicted molar refractivity (Wildman–Crippen MR) is 216 cm³/mol. The molecule has 15 nitrogen and oxygen atoms in total. The second-order valence-corrected chi connectivity index (χ2v) is 18.9. The number of carbonyl (C=O) groups is 6. The van der Waals surface area contributed by atoms with Crippen LogP contribution in [-0.2, 0) is 57.2 Å². The first kappa shape index (κ1) is 48.8. The maximum atomic E-state index is 14.1. The highest BCUT2D eigenvalue weighted by Gasteiger charge is 2.57. The van der Waals surface area contributed by atoms with Gasteiger partial charge in [0.15, 0.2) is 12.2 Å². The van der Waals surface area contributed by atoms with Crippen molar-refractivity contribution in [2.45, 2.75) is 117 Å². The fourth-order valence-electron chi connectivity index (χ4n) is 12.0. The fraction of sp³-hybridized carbons (Fsp3) is 0.778. The van der Waals surface area contributed by atoms with Crippen LogP contribution in [0.1, 0.15) is 105 Å². The van der Waals surface area contributed by atoms with Crippen molar-refractivity contribution in [2.24, 2.45) is 57.2 Å². The van der Waals surface area contributed by atoms with Gasteiger partial charge in [0.05, 0.1) is 54.0 Å². The standard InChI is InChI=1S/C45H68O15/c1-26-12-14-32-42(3,24-46)16-10-18-44(32,5)30(26)22-59-37(41(54)57-9)29(21-35(49)50)39(52)60-25-43(4)17-11-19-45(6)31(27(2)13-15-33(43)45)23-58-36(40(53)56-8)28(20-34(47)48)38(51)55-7/h28-33,36-37,46H,1-2,10-25H2,3-9H3,(H,47,48)(H,49,50)/t28-,29?,30-,31-,32-,33-,36?,37?,42-,43-,44+,45+/m0/s1. The number of aliphatic carboxylic acids is 2. The first-order valence-corrected chi connectivity index (χ1v) is 21.2. The summed E-state index contributed by atoms with van der Waals surface area (Å²) in [5, 5.41) is 29.9. The fourth-order valence-corrected chi connectivity index (χ4v) is 12.0. The number of hydrogen-bond donors (Lipinski definition) is 3. The van der Waals surface area contributed by atoms with Gasteiger partial charge >= 0.3 is 35.8 Å². The molecule has 15 heteroatoms. The van der Waals surface area contributed by atoms with Crippen molar-refractivity contribution in [2.75, 3.05) is 47.8 Å². The number of carboxylic acid groups (broad SMARTS) is 2. The van der Waals surface area contributed by atoms with Gasteiger partial charge in [-0.2, -0.15) is 0 Å². The van der Waals surface area contributed by atoms with Crippen LogP contribution in [0, 0.1) is 57.2 Å². The second kappa shape index (κ2) is 19.9. The van der Waals surface area contributed by atoms with Gasteiger partial charge in [-0.05, 0) is 79.4 Å². The predicted octanol–water partition coefficient (Wildman–Crippen LogP) is 5.55. The molecule has 3 N–H and O–H groups in total. The van der Waals surface area contributed by atoms with Crippen LogP contribution in [0.25, 0.3) is 0 Å². The molecule has 4 rings (SSSR count). The van der Waals surface area contributed by atoms with Gasteiger partial charge in [0.2, 0.25) is 0 Å². The number of aliphatic hydroxyl groups excluding tert-OH is 1. The SMILES string of the molecule is C=C1CC[C@H]2[C@](C)(COC(=O)C(CC(=O)O)C(OC[C@H]3C(=C)CC[C@H]4[C@](C)(CO)CCC[C@]34C)C(=O)OC)CCC[C@]2(C)[C@H]1COC(C(=O)OC)[C@H](CC(=O)O)C(=O)OC. The summed E-state index contributed by atoms with van der Waals surface area (Å²) in [7, 11) is 3.37. The Bertz CT molecular complexity index is 1640. The van der Waals surface area contributed by atoms with Crippen molar-refractivity contribution >= 4 is 35.8 Å². The van der Waals surface area contributed by atoms with Gasteiger partial charge in [-0.15, -0.1) is 0 Å². The summed E-state index contributed by atoms with van der Waals surface area (Å²) in [6, 6.07) is 0. The molecular formula is C45H68O15. The van der Waals surface area contributed by atoms with Crippen LogP contribution in [-0.4, -0.2) is 111 Å². The molecule has 0 aromatic rings. The largest absolute Gasteiger partial charge is 0.481 e. The minimum absolute atomic E-state index is 0.00944. The molecule has 0 aliphatic heterocycles. The zero-order valence-corrected chi connectivity index (χ0v) is 36.6. The molecule has 4 saturated carbocycles. The Labute approximate surface area is 353 Å². The highest BCUT2D eigenvalue weighted by Crippen LogP contribution is 2.62. The number of carboxylic acids is 2. The maximum absolute atomic E-state index is 14.1. The van der Waals surface area contributed by atoms with E-state index in [1.54, 1.807) is 0 Å². The van der Waals surface area contributed by atoms with Gasteiger partial charge in [0, 0.05) is 23.9 Å². The highest BCUT2D eigenvalue weighted by atomic mass is 16.6. The molecule has 0 heterocycles. The van der Waals surface area contributed by atoms with E-state index < -0.39 is 83.5 Å². The molecule has 0 amide bonds. The van der Waals surface area contributed by atoms with E-state index in [9.17, 15) is 44.1 Å². The summed E-state index contributed by atoms with van der Waals surface area (Å²) in [6.45, 7) is 17.0. The number of fused-ring (bicyclic) bond motifs is 2. The molecule has 0 radical (unpaired) electrons. The minimum Gasteiger partial charge on any atom is -0.481 e. The Morgan fingerprint density at radius 1 is 0.633 bits per heavy atom. The van der Waals surface area contributed by atoms with E-state index >= 15 is 0 Å². The lowest BCUT2D eigenvalue weighted by atomic mass is 9.47. The number of aliphatic hydroxyl groups is 1. The molecule has 4 aliphatic carbocycles. The molecule has 3 unspecified atom stereocenters. The molecule has 4 fully saturated rings. The van der Waals surface area contributed by atoms with E-state index in [0.29, 0.717) is 19.3 Å². The molecule has 338 valence electrons. The van der Waals surface area contributed by atoms with Crippen molar-refractivity contribution in [3.05, 3.63) is 24.3 Å². The van der Waals surface area contributed by atoms with Crippen LogP contribution in [0.2, 0.25) is 0 Å². The van der Waals surface area contributed by atoms with E-state index in [4.69, 9.17) is 28.4 Å². The molecule has 0 spiro atoms. The molecule has 60 heavy (non-hydrogen) atoms. The lowest BCUT2D eigenvalue weighted by Gasteiger charge is -2.58. The van der Waals surface area contributed by atoms with Gasteiger partial charge in [0.25, 0.3) is 0 Å². The first-order valence-electron chi connectivity index (χ1n) is 21.2. The maximum Gasteiger partial charge on any atom is 0.335 e. The van der Waals surface area contributed by atoms with Crippen LogP contribution in [0.3, 0.4) is 0 Å². The summed E-state index contributed by atoms with van der Waals surface area (Å²) in [5.74, 6) is -9.69. The van der Waals surface area contributed by atoms with Crippen LogP contribution in [0.15, 0.2) is 24.3 Å². The monoisotopic (exact) mass is 848 g/mol. The smallest absolute Gasteiger partial charge is 0.335 e. The Morgan fingerprint density at radius 2 is 1.03 bits per heavy atom. The van der Waals surface area contributed by atoms with Gasteiger partial charge in [-0.3, -0.25) is 19.2 Å². The van der Waals surface area contributed by atoms with Gasteiger partial charge in [0.1, 0.15) is 11.8 Å². The van der Waals surface area contributed by atoms with Crippen molar-refractivity contribution in [1.29, 1.82) is 0 Å². The van der Waals surface area contributed by atoms with Gasteiger partial charge in [-0.1, -0.05) is 64.8 Å². The van der Waals surface area contributed by atoms with Crippen LogP contribution in [0.5, 0.6) is 0 Å². The molecule has 0 bridgehead atoms. The molecule has 12 atom stereocenters.